The van der Waals surface area contributed by atoms with E-state index in [2.05, 4.69) is 0 Å². The zero-order valence-corrected chi connectivity index (χ0v) is 12.3. The fourth-order valence-electron chi connectivity index (χ4n) is 2.48. The van der Waals surface area contributed by atoms with Gasteiger partial charge in [-0.3, -0.25) is 4.79 Å². The highest BCUT2D eigenvalue weighted by molar-refractivity contribution is 7.88. The van der Waals surface area contributed by atoms with Crippen molar-refractivity contribution >= 4 is 16.0 Å². The molecule has 0 unspecified atom stereocenters. The summed E-state index contributed by atoms with van der Waals surface area (Å²) in [5.41, 5.74) is 1.84. The molecule has 0 bridgehead atoms. The van der Waals surface area contributed by atoms with Crippen LogP contribution in [0.15, 0.2) is 24.3 Å². The molecule has 0 spiro atoms. The van der Waals surface area contributed by atoms with E-state index in [1.165, 1.54) is 0 Å². The van der Waals surface area contributed by atoms with E-state index in [1.807, 2.05) is 19.1 Å². The first-order chi connectivity index (χ1) is 9.44. The van der Waals surface area contributed by atoms with Crippen molar-refractivity contribution in [2.75, 3.05) is 6.54 Å². The number of aryl methyl sites for hydroxylation is 1. The summed E-state index contributed by atoms with van der Waals surface area (Å²) in [6, 6.07) is 6.49. The highest BCUT2D eigenvalue weighted by Crippen LogP contribution is 2.23. The topological polar surface area (TPSA) is 74.7 Å². The van der Waals surface area contributed by atoms with Gasteiger partial charge in [0.05, 0.1) is 5.75 Å². The van der Waals surface area contributed by atoms with Crippen LogP contribution in [0.25, 0.3) is 0 Å². The highest BCUT2D eigenvalue weighted by atomic mass is 32.2. The van der Waals surface area contributed by atoms with E-state index in [1.54, 1.807) is 12.1 Å². The van der Waals surface area contributed by atoms with Crippen LogP contribution < -0.4 is 0 Å². The molecule has 2 rings (SSSR count). The molecule has 1 aliphatic heterocycles. The van der Waals surface area contributed by atoms with E-state index in [0.717, 1.165) is 16.3 Å². The summed E-state index contributed by atoms with van der Waals surface area (Å²) in [6.45, 7) is 2.33. The Morgan fingerprint density at radius 3 is 2.45 bits per heavy atom. The maximum Gasteiger partial charge on any atom is 0.322 e. The molecule has 1 fully saturated rings. The van der Waals surface area contributed by atoms with Gasteiger partial charge in [0.25, 0.3) is 0 Å². The second kappa shape index (κ2) is 5.93. The van der Waals surface area contributed by atoms with Crippen molar-refractivity contribution in [3.05, 3.63) is 35.4 Å². The second-order valence-electron chi connectivity index (χ2n) is 5.03. The van der Waals surface area contributed by atoms with Crippen LogP contribution in [0.3, 0.4) is 0 Å². The van der Waals surface area contributed by atoms with Gasteiger partial charge in [0.15, 0.2) is 0 Å². The largest absolute Gasteiger partial charge is 0.480 e. The lowest BCUT2D eigenvalue weighted by atomic mass is 10.1. The molecule has 6 heteroatoms. The number of benzene rings is 1. The van der Waals surface area contributed by atoms with Crippen molar-refractivity contribution in [1.29, 1.82) is 0 Å². The average Bonchev–Trinajstić information content (AvgIpc) is 2.89. The van der Waals surface area contributed by atoms with Crippen molar-refractivity contribution in [2.45, 2.75) is 38.0 Å². The summed E-state index contributed by atoms with van der Waals surface area (Å²) in [5, 5.41) is 9.08. The SMILES string of the molecule is CCc1ccc(CS(=O)(=O)N2CCC[C@@H]2C(=O)O)cc1. The van der Waals surface area contributed by atoms with Crippen LogP contribution in [0.2, 0.25) is 0 Å². The van der Waals surface area contributed by atoms with Gasteiger partial charge >= 0.3 is 5.97 Å². The van der Waals surface area contributed by atoms with Gasteiger partial charge in [0.1, 0.15) is 6.04 Å². The predicted molar refractivity (Wildman–Crippen MR) is 75.8 cm³/mol. The zero-order valence-electron chi connectivity index (χ0n) is 11.4. The number of hydrogen-bond donors (Lipinski definition) is 1. The van der Waals surface area contributed by atoms with E-state index in [9.17, 15) is 13.2 Å². The minimum Gasteiger partial charge on any atom is -0.480 e. The van der Waals surface area contributed by atoms with E-state index in [0.29, 0.717) is 24.9 Å². The van der Waals surface area contributed by atoms with E-state index < -0.39 is 22.0 Å². The molecule has 1 aromatic rings. The second-order valence-corrected chi connectivity index (χ2v) is 6.95. The van der Waals surface area contributed by atoms with Crippen molar-refractivity contribution in [3.8, 4) is 0 Å². The van der Waals surface area contributed by atoms with Crippen molar-refractivity contribution in [3.63, 3.8) is 0 Å². The molecular formula is C14H19NO4S. The minimum absolute atomic E-state index is 0.138. The molecule has 1 N–H and O–H groups in total. The summed E-state index contributed by atoms with van der Waals surface area (Å²) < 4.78 is 25.8. The molecule has 0 radical (unpaired) electrons. The molecule has 0 saturated carbocycles. The number of aliphatic carboxylic acids is 1. The van der Waals surface area contributed by atoms with Gasteiger partial charge in [-0.2, -0.15) is 4.31 Å². The molecular weight excluding hydrogens is 278 g/mol. The van der Waals surface area contributed by atoms with Crippen LogP contribution in [0.4, 0.5) is 0 Å². The Morgan fingerprint density at radius 2 is 1.90 bits per heavy atom. The number of nitrogens with zero attached hydrogens (tertiary/aromatic N) is 1. The Bertz CT molecular complexity index is 580. The third-order valence-corrected chi connectivity index (χ3v) is 5.48. The molecule has 1 atom stereocenters. The Labute approximate surface area is 119 Å². The van der Waals surface area contributed by atoms with Gasteiger partial charge in [0.2, 0.25) is 10.0 Å². The molecule has 0 amide bonds. The molecule has 0 aliphatic carbocycles. The minimum atomic E-state index is -3.57. The molecule has 20 heavy (non-hydrogen) atoms. The van der Waals surface area contributed by atoms with Gasteiger partial charge in [-0.15, -0.1) is 0 Å². The first kappa shape index (κ1) is 15.0. The molecule has 1 aliphatic rings. The van der Waals surface area contributed by atoms with Crippen LogP contribution in [0, 0.1) is 0 Å². The summed E-state index contributed by atoms with van der Waals surface area (Å²) in [4.78, 5) is 11.1. The number of carbonyl (C=O) groups is 1. The number of sulfonamides is 1. The summed E-state index contributed by atoms with van der Waals surface area (Å²) >= 11 is 0. The standard InChI is InChI=1S/C14H19NO4S/c1-2-11-5-7-12(8-6-11)10-20(18,19)15-9-3-4-13(15)14(16)17/h5-8,13H,2-4,9-10H2,1H3,(H,16,17)/t13-/m1/s1. The fourth-order valence-corrected chi connectivity index (χ4v) is 4.25. The average molecular weight is 297 g/mol. The predicted octanol–water partition coefficient (Wildman–Crippen LogP) is 1.63. The Balaban J connectivity index is 2.15. The molecule has 110 valence electrons. The van der Waals surface area contributed by atoms with E-state index in [4.69, 9.17) is 5.11 Å². The zero-order chi connectivity index (χ0) is 14.8. The smallest absolute Gasteiger partial charge is 0.322 e. The first-order valence-corrected chi connectivity index (χ1v) is 8.35. The molecule has 1 aromatic carbocycles. The summed E-state index contributed by atoms with van der Waals surface area (Å²) in [5.74, 6) is -1.20. The fraction of sp³-hybridized carbons (Fsp3) is 0.500. The summed E-state index contributed by atoms with van der Waals surface area (Å²) in [7, 11) is -3.57. The highest BCUT2D eigenvalue weighted by Gasteiger charge is 2.38. The van der Waals surface area contributed by atoms with Gasteiger partial charge in [-0.1, -0.05) is 31.2 Å². The Kier molecular flexibility index (Phi) is 4.45. The van der Waals surface area contributed by atoms with Crippen molar-refractivity contribution in [2.24, 2.45) is 0 Å². The van der Waals surface area contributed by atoms with Crippen molar-refractivity contribution < 1.29 is 18.3 Å². The monoisotopic (exact) mass is 297 g/mol. The first-order valence-electron chi connectivity index (χ1n) is 6.74. The van der Waals surface area contributed by atoms with Crippen LogP contribution in [-0.2, 0) is 27.0 Å². The quantitative estimate of drug-likeness (QED) is 0.896. The van der Waals surface area contributed by atoms with Gasteiger partial charge in [-0.25, -0.2) is 8.42 Å². The van der Waals surface area contributed by atoms with Crippen molar-refractivity contribution in [1.82, 2.24) is 4.31 Å². The lowest BCUT2D eigenvalue weighted by Gasteiger charge is -2.21. The number of carboxylic acids is 1. The van der Waals surface area contributed by atoms with E-state index in [-0.39, 0.29) is 5.75 Å². The van der Waals surface area contributed by atoms with Crippen LogP contribution >= 0.6 is 0 Å². The lowest BCUT2D eigenvalue weighted by Crippen LogP contribution is -2.40. The number of hydrogen-bond acceptors (Lipinski definition) is 3. The Hall–Kier alpha value is -1.40. The molecule has 1 heterocycles. The third-order valence-electron chi connectivity index (χ3n) is 3.63. The molecule has 0 aromatic heterocycles. The van der Waals surface area contributed by atoms with E-state index >= 15 is 0 Å². The van der Waals surface area contributed by atoms with Crippen LogP contribution in [0.1, 0.15) is 30.9 Å². The lowest BCUT2D eigenvalue weighted by molar-refractivity contribution is -0.140. The maximum absolute atomic E-state index is 12.3. The van der Waals surface area contributed by atoms with Gasteiger partial charge < -0.3 is 5.11 Å². The molecule has 5 nitrogen and oxygen atoms in total. The normalized spacial score (nSPS) is 20.1. The van der Waals surface area contributed by atoms with Crippen LogP contribution in [-0.4, -0.2) is 36.4 Å². The Morgan fingerprint density at radius 1 is 1.30 bits per heavy atom. The molecule has 1 saturated heterocycles. The number of rotatable bonds is 5. The summed E-state index contributed by atoms with van der Waals surface area (Å²) in [6.07, 6.45) is 1.90. The maximum atomic E-state index is 12.3. The van der Waals surface area contributed by atoms with Gasteiger partial charge in [0, 0.05) is 6.54 Å². The van der Waals surface area contributed by atoms with Gasteiger partial charge in [-0.05, 0) is 30.4 Å². The number of carboxylic acid groups (broad SMARTS) is 1. The third kappa shape index (κ3) is 3.19. The van der Waals surface area contributed by atoms with Crippen LogP contribution in [0.5, 0.6) is 0 Å².